The van der Waals surface area contributed by atoms with Gasteiger partial charge in [-0.3, -0.25) is 4.79 Å². The van der Waals surface area contributed by atoms with E-state index in [1.54, 1.807) is 7.11 Å². The number of aryl methyl sites for hydroxylation is 1. The van der Waals surface area contributed by atoms with Crippen molar-refractivity contribution in [3.8, 4) is 5.75 Å². The summed E-state index contributed by atoms with van der Waals surface area (Å²) in [5, 5.41) is 1.32. The molecule has 0 spiro atoms. The molecule has 1 aromatic heterocycles. The number of amides is 1. The molecule has 4 heteroatoms. The second kappa shape index (κ2) is 7.31. The average Bonchev–Trinajstić information content (AvgIpc) is 2.93. The maximum Gasteiger partial charge on any atom is 0.204 e. The van der Waals surface area contributed by atoms with E-state index < -0.39 is 0 Å². The Balaban J connectivity index is 0.000000545. The van der Waals surface area contributed by atoms with Crippen LogP contribution in [0.4, 0.5) is 0 Å². The van der Waals surface area contributed by atoms with Crippen LogP contribution in [0, 0.1) is 6.92 Å². The summed E-state index contributed by atoms with van der Waals surface area (Å²) in [5.41, 5.74) is 9.33. The number of nitrogens with two attached hydrogens (primary N) is 1. The second-order valence-electron chi connectivity index (χ2n) is 4.97. The van der Waals surface area contributed by atoms with Crippen LogP contribution in [0.1, 0.15) is 16.7 Å². The lowest BCUT2D eigenvalue weighted by molar-refractivity contribution is -0.106. The molecule has 0 bridgehead atoms. The molecule has 4 nitrogen and oxygen atoms in total. The molecule has 22 heavy (non-hydrogen) atoms. The zero-order chi connectivity index (χ0) is 15.9. The summed E-state index contributed by atoms with van der Waals surface area (Å²) in [7, 11) is 1.69. The summed E-state index contributed by atoms with van der Waals surface area (Å²) >= 11 is 0. The third kappa shape index (κ3) is 3.47. The molecule has 0 saturated carbocycles. The zero-order valence-corrected chi connectivity index (χ0v) is 12.8. The van der Waals surface area contributed by atoms with E-state index in [1.807, 2.05) is 12.1 Å². The number of benzene rings is 2. The summed E-state index contributed by atoms with van der Waals surface area (Å²) in [5.74, 6) is 0.901. The molecular weight excluding hydrogens is 276 g/mol. The first-order valence-electron chi connectivity index (χ1n) is 7.03. The summed E-state index contributed by atoms with van der Waals surface area (Å²) in [6.07, 6.45) is 3.30. The lowest BCUT2D eigenvalue weighted by Crippen LogP contribution is -1.88. The van der Waals surface area contributed by atoms with Crippen LogP contribution in [0.25, 0.3) is 10.9 Å². The molecule has 0 unspecified atom stereocenters. The predicted octanol–water partition coefficient (Wildman–Crippen LogP) is 3.18. The number of ether oxygens (including phenoxy) is 1. The Hall–Kier alpha value is -2.75. The molecular formula is C18H20N2O2. The van der Waals surface area contributed by atoms with Crippen molar-refractivity contribution in [1.82, 2.24) is 4.98 Å². The van der Waals surface area contributed by atoms with Gasteiger partial charge >= 0.3 is 0 Å². The van der Waals surface area contributed by atoms with Gasteiger partial charge in [-0.1, -0.05) is 30.3 Å². The number of fused-ring (bicyclic) bond motifs is 1. The molecule has 0 radical (unpaired) electrons. The van der Waals surface area contributed by atoms with Gasteiger partial charge in [0, 0.05) is 17.1 Å². The fraction of sp³-hybridized carbons (Fsp3) is 0.167. The van der Waals surface area contributed by atoms with E-state index in [4.69, 9.17) is 9.53 Å². The second-order valence-corrected chi connectivity index (χ2v) is 4.97. The van der Waals surface area contributed by atoms with Crippen molar-refractivity contribution in [2.45, 2.75) is 13.3 Å². The standard InChI is InChI=1S/C17H17NO.CH3NO/c1-12-4-3-5-16-14(11-18-17(12)16)10-13-6-8-15(19-2)9-7-13;2-1-3/h3-9,11,18H,10H2,1-2H3;1H,(H2,2,3). The molecule has 2 aromatic carbocycles. The van der Waals surface area contributed by atoms with Gasteiger partial charge in [0.25, 0.3) is 0 Å². The number of rotatable bonds is 3. The monoisotopic (exact) mass is 296 g/mol. The fourth-order valence-corrected chi connectivity index (χ4v) is 2.47. The van der Waals surface area contributed by atoms with Crippen LogP contribution in [-0.2, 0) is 11.2 Å². The molecule has 0 atom stereocenters. The molecule has 0 aliphatic rings. The first-order chi connectivity index (χ1) is 10.7. The van der Waals surface area contributed by atoms with Gasteiger partial charge in [0.05, 0.1) is 7.11 Å². The highest BCUT2D eigenvalue weighted by atomic mass is 16.5. The van der Waals surface area contributed by atoms with Crippen molar-refractivity contribution in [3.63, 3.8) is 0 Å². The Kier molecular flexibility index (Phi) is 5.20. The molecule has 114 valence electrons. The minimum Gasteiger partial charge on any atom is -0.497 e. The molecule has 0 aliphatic carbocycles. The topological polar surface area (TPSA) is 68.1 Å². The summed E-state index contributed by atoms with van der Waals surface area (Å²) < 4.78 is 5.18. The summed E-state index contributed by atoms with van der Waals surface area (Å²) in [6, 6.07) is 14.7. The summed E-state index contributed by atoms with van der Waals surface area (Å²) in [4.78, 5) is 12.0. The van der Waals surface area contributed by atoms with Crippen LogP contribution in [0.2, 0.25) is 0 Å². The van der Waals surface area contributed by atoms with Crippen molar-refractivity contribution in [1.29, 1.82) is 0 Å². The Bertz CT molecular complexity index is 745. The first kappa shape index (κ1) is 15.6. The molecule has 0 saturated heterocycles. The maximum absolute atomic E-state index is 8.58. The Morgan fingerprint density at radius 1 is 1.18 bits per heavy atom. The van der Waals surface area contributed by atoms with Gasteiger partial charge in [0.1, 0.15) is 5.75 Å². The van der Waals surface area contributed by atoms with E-state index in [1.165, 1.54) is 27.6 Å². The van der Waals surface area contributed by atoms with Gasteiger partial charge in [-0.25, -0.2) is 0 Å². The van der Waals surface area contributed by atoms with E-state index >= 15 is 0 Å². The smallest absolute Gasteiger partial charge is 0.204 e. The normalized spacial score (nSPS) is 9.91. The molecule has 0 aliphatic heterocycles. The van der Waals surface area contributed by atoms with E-state index in [2.05, 4.69) is 54.2 Å². The number of hydrogen-bond acceptors (Lipinski definition) is 2. The maximum atomic E-state index is 8.58. The average molecular weight is 296 g/mol. The number of aromatic amines is 1. The third-order valence-corrected chi connectivity index (χ3v) is 3.56. The number of para-hydroxylation sites is 1. The molecule has 0 fully saturated rings. The van der Waals surface area contributed by atoms with Crippen LogP contribution in [-0.4, -0.2) is 18.5 Å². The zero-order valence-electron chi connectivity index (χ0n) is 12.8. The van der Waals surface area contributed by atoms with Crippen LogP contribution < -0.4 is 10.5 Å². The quantitative estimate of drug-likeness (QED) is 0.729. The van der Waals surface area contributed by atoms with Gasteiger partial charge < -0.3 is 15.5 Å². The largest absolute Gasteiger partial charge is 0.497 e. The van der Waals surface area contributed by atoms with Crippen LogP contribution in [0.5, 0.6) is 5.75 Å². The minimum atomic E-state index is 0.250. The number of methoxy groups -OCH3 is 1. The van der Waals surface area contributed by atoms with Crippen molar-refractivity contribution in [3.05, 3.63) is 65.4 Å². The Morgan fingerprint density at radius 3 is 2.50 bits per heavy atom. The molecule has 1 amide bonds. The SMILES string of the molecule is COc1ccc(Cc2c[nH]c3c(C)cccc23)cc1.NC=O. The van der Waals surface area contributed by atoms with Crippen molar-refractivity contribution < 1.29 is 9.53 Å². The van der Waals surface area contributed by atoms with Gasteiger partial charge in [-0.2, -0.15) is 0 Å². The molecule has 1 heterocycles. The van der Waals surface area contributed by atoms with Crippen LogP contribution >= 0.6 is 0 Å². The number of H-pyrrole nitrogens is 1. The van der Waals surface area contributed by atoms with Crippen molar-refractivity contribution in [2.24, 2.45) is 5.73 Å². The third-order valence-electron chi connectivity index (χ3n) is 3.56. The number of aromatic nitrogens is 1. The lowest BCUT2D eigenvalue weighted by Gasteiger charge is -2.03. The number of hydrogen-bond donors (Lipinski definition) is 2. The van der Waals surface area contributed by atoms with E-state index in [0.717, 1.165) is 12.2 Å². The molecule has 3 rings (SSSR count). The minimum absolute atomic E-state index is 0.250. The van der Waals surface area contributed by atoms with Gasteiger partial charge in [0.2, 0.25) is 6.41 Å². The van der Waals surface area contributed by atoms with Gasteiger partial charge in [-0.05, 0) is 42.2 Å². The van der Waals surface area contributed by atoms with Crippen LogP contribution in [0.3, 0.4) is 0 Å². The predicted molar refractivity (Wildman–Crippen MR) is 89.1 cm³/mol. The Labute approximate surface area is 129 Å². The van der Waals surface area contributed by atoms with Crippen LogP contribution in [0.15, 0.2) is 48.7 Å². The van der Waals surface area contributed by atoms with E-state index in [0.29, 0.717) is 0 Å². The van der Waals surface area contributed by atoms with E-state index in [9.17, 15) is 0 Å². The highest BCUT2D eigenvalue weighted by Crippen LogP contribution is 2.24. The molecule has 3 N–H and O–H groups in total. The van der Waals surface area contributed by atoms with Gasteiger partial charge in [-0.15, -0.1) is 0 Å². The lowest BCUT2D eigenvalue weighted by atomic mass is 10.0. The number of carbonyl (C=O) groups excluding carboxylic acids is 1. The highest BCUT2D eigenvalue weighted by Gasteiger charge is 2.06. The first-order valence-corrected chi connectivity index (χ1v) is 7.03. The van der Waals surface area contributed by atoms with Crippen molar-refractivity contribution >= 4 is 17.3 Å². The molecule has 3 aromatic rings. The number of primary amides is 1. The van der Waals surface area contributed by atoms with Gasteiger partial charge in [0.15, 0.2) is 0 Å². The fourth-order valence-electron chi connectivity index (χ4n) is 2.47. The summed E-state index contributed by atoms with van der Waals surface area (Å²) in [6.45, 7) is 2.13. The van der Waals surface area contributed by atoms with E-state index in [-0.39, 0.29) is 6.41 Å². The number of nitrogens with one attached hydrogen (secondary N) is 1. The van der Waals surface area contributed by atoms with Crippen molar-refractivity contribution in [2.75, 3.05) is 7.11 Å². The highest BCUT2D eigenvalue weighted by molar-refractivity contribution is 5.86. The number of carbonyl (C=O) groups is 1. The Morgan fingerprint density at radius 2 is 1.86 bits per heavy atom.